The molecule has 1 aliphatic rings. The summed E-state index contributed by atoms with van der Waals surface area (Å²) in [6.07, 6.45) is 6.39. The van der Waals surface area contributed by atoms with E-state index in [0.717, 1.165) is 32.4 Å². The van der Waals surface area contributed by atoms with E-state index >= 15 is 0 Å². The van der Waals surface area contributed by atoms with E-state index < -0.39 is 10.2 Å². The van der Waals surface area contributed by atoms with E-state index in [0.29, 0.717) is 24.8 Å². The van der Waals surface area contributed by atoms with E-state index in [1.165, 1.54) is 0 Å². The summed E-state index contributed by atoms with van der Waals surface area (Å²) in [6, 6.07) is 0. The third-order valence-electron chi connectivity index (χ3n) is 3.66. The first kappa shape index (κ1) is 16.4. The number of nitrogens with one attached hydrogen (secondary N) is 3. The molecule has 120 valence electrons. The molecule has 1 aromatic heterocycles. The maximum Gasteiger partial charge on any atom is 0.279 e. The smallest absolute Gasteiger partial charge is 0.279 e. The Balaban J connectivity index is 1.83. The normalized spacial score (nSPS) is 20.7. The van der Waals surface area contributed by atoms with Crippen molar-refractivity contribution in [3.05, 3.63) is 18.2 Å². The molecule has 0 saturated carbocycles. The first-order chi connectivity index (χ1) is 10.1. The van der Waals surface area contributed by atoms with Gasteiger partial charge in [-0.1, -0.05) is 6.92 Å². The standard InChI is InChI=1S/C13H25N5O2S/c1-2-5-14-9-12-4-3-8-18(11-12)21(19,20)17-10-13-15-6-7-16-13/h6-7,12,14,17H,2-5,8-11H2,1H3,(H,15,16). The molecule has 0 radical (unpaired) electrons. The van der Waals surface area contributed by atoms with Crippen molar-refractivity contribution in [2.45, 2.75) is 32.7 Å². The summed E-state index contributed by atoms with van der Waals surface area (Å²) in [5, 5.41) is 3.37. The molecular weight excluding hydrogens is 290 g/mol. The number of piperidine rings is 1. The van der Waals surface area contributed by atoms with Crippen molar-refractivity contribution in [3.63, 3.8) is 0 Å². The lowest BCUT2D eigenvalue weighted by atomic mass is 10.00. The molecule has 0 spiro atoms. The predicted molar refractivity (Wildman–Crippen MR) is 81.8 cm³/mol. The van der Waals surface area contributed by atoms with Crippen LogP contribution in [0.3, 0.4) is 0 Å². The number of nitrogens with zero attached hydrogens (tertiary/aromatic N) is 2. The molecule has 1 aromatic rings. The van der Waals surface area contributed by atoms with E-state index in [-0.39, 0.29) is 6.54 Å². The van der Waals surface area contributed by atoms with Crippen LogP contribution in [0, 0.1) is 5.92 Å². The molecule has 0 bridgehead atoms. The molecule has 2 rings (SSSR count). The SMILES string of the molecule is CCCNCC1CCCN(S(=O)(=O)NCc2ncc[nH]2)C1. The fourth-order valence-corrected chi connectivity index (χ4v) is 3.82. The molecule has 8 heteroatoms. The van der Waals surface area contributed by atoms with Crippen molar-refractivity contribution in [3.8, 4) is 0 Å². The van der Waals surface area contributed by atoms with Crippen molar-refractivity contribution in [1.29, 1.82) is 0 Å². The van der Waals surface area contributed by atoms with Crippen LogP contribution in [0.2, 0.25) is 0 Å². The van der Waals surface area contributed by atoms with Gasteiger partial charge in [0.15, 0.2) is 0 Å². The van der Waals surface area contributed by atoms with Gasteiger partial charge in [0, 0.05) is 25.5 Å². The number of hydrogen-bond acceptors (Lipinski definition) is 4. The number of H-pyrrole nitrogens is 1. The Labute approximate surface area is 126 Å². The van der Waals surface area contributed by atoms with Gasteiger partial charge in [-0.3, -0.25) is 0 Å². The van der Waals surface area contributed by atoms with Crippen molar-refractivity contribution in [1.82, 2.24) is 24.3 Å². The van der Waals surface area contributed by atoms with E-state index in [1.54, 1.807) is 16.7 Å². The molecule has 7 nitrogen and oxygen atoms in total. The van der Waals surface area contributed by atoms with Crippen molar-refractivity contribution in [2.75, 3.05) is 26.2 Å². The molecule has 21 heavy (non-hydrogen) atoms. The largest absolute Gasteiger partial charge is 0.347 e. The Hall–Kier alpha value is -0.960. The van der Waals surface area contributed by atoms with Crippen molar-refractivity contribution < 1.29 is 8.42 Å². The first-order valence-corrected chi connectivity index (χ1v) is 8.99. The van der Waals surface area contributed by atoms with Crippen LogP contribution in [-0.4, -0.2) is 48.9 Å². The third-order valence-corrected chi connectivity index (χ3v) is 5.18. The van der Waals surface area contributed by atoms with Gasteiger partial charge in [-0.15, -0.1) is 0 Å². The minimum absolute atomic E-state index is 0.199. The summed E-state index contributed by atoms with van der Waals surface area (Å²) in [5.74, 6) is 1.02. The molecule has 0 amide bonds. The molecule has 1 fully saturated rings. The van der Waals surface area contributed by atoms with Gasteiger partial charge in [0.25, 0.3) is 10.2 Å². The fourth-order valence-electron chi connectivity index (χ4n) is 2.54. The van der Waals surface area contributed by atoms with Crippen LogP contribution in [-0.2, 0) is 16.8 Å². The lowest BCUT2D eigenvalue weighted by Crippen LogP contribution is -2.47. The summed E-state index contributed by atoms with van der Waals surface area (Å²) in [5.41, 5.74) is 0. The summed E-state index contributed by atoms with van der Waals surface area (Å²) in [7, 11) is -3.43. The van der Waals surface area contributed by atoms with Gasteiger partial charge in [0.1, 0.15) is 5.82 Å². The molecule has 1 saturated heterocycles. The zero-order valence-corrected chi connectivity index (χ0v) is 13.3. The zero-order valence-electron chi connectivity index (χ0n) is 12.5. The third kappa shape index (κ3) is 5.06. The van der Waals surface area contributed by atoms with Crippen LogP contribution < -0.4 is 10.0 Å². The van der Waals surface area contributed by atoms with Crippen LogP contribution in [0.5, 0.6) is 0 Å². The zero-order chi connectivity index (χ0) is 15.1. The highest BCUT2D eigenvalue weighted by molar-refractivity contribution is 7.87. The molecule has 1 aliphatic heterocycles. The Kier molecular flexibility index (Phi) is 6.16. The molecule has 1 unspecified atom stereocenters. The van der Waals surface area contributed by atoms with Crippen molar-refractivity contribution in [2.24, 2.45) is 5.92 Å². The molecule has 2 heterocycles. The number of hydrogen-bond donors (Lipinski definition) is 3. The Morgan fingerprint density at radius 1 is 1.52 bits per heavy atom. The van der Waals surface area contributed by atoms with E-state index in [9.17, 15) is 8.42 Å². The number of imidazole rings is 1. The quantitative estimate of drug-likeness (QED) is 0.608. The van der Waals surface area contributed by atoms with Gasteiger partial charge >= 0.3 is 0 Å². The van der Waals surface area contributed by atoms with Crippen LogP contribution in [0.1, 0.15) is 32.0 Å². The Morgan fingerprint density at radius 3 is 3.10 bits per heavy atom. The van der Waals surface area contributed by atoms with Gasteiger partial charge < -0.3 is 10.3 Å². The minimum atomic E-state index is -3.43. The van der Waals surface area contributed by atoms with Gasteiger partial charge in [0.05, 0.1) is 6.54 Å². The number of aromatic amines is 1. The monoisotopic (exact) mass is 315 g/mol. The van der Waals surface area contributed by atoms with Gasteiger partial charge in [-0.2, -0.15) is 17.4 Å². The highest BCUT2D eigenvalue weighted by Crippen LogP contribution is 2.18. The fraction of sp³-hybridized carbons (Fsp3) is 0.769. The average Bonchev–Trinajstić information content (AvgIpc) is 2.99. The first-order valence-electron chi connectivity index (χ1n) is 7.55. The highest BCUT2D eigenvalue weighted by Gasteiger charge is 2.28. The lowest BCUT2D eigenvalue weighted by Gasteiger charge is -2.32. The number of aromatic nitrogens is 2. The highest BCUT2D eigenvalue weighted by atomic mass is 32.2. The maximum atomic E-state index is 12.3. The Bertz CT molecular complexity index is 503. The van der Waals surface area contributed by atoms with E-state index in [1.807, 2.05) is 0 Å². The van der Waals surface area contributed by atoms with Crippen LogP contribution in [0.4, 0.5) is 0 Å². The average molecular weight is 315 g/mol. The second-order valence-corrected chi connectivity index (χ2v) is 7.19. The van der Waals surface area contributed by atoms with Gasteiger partial charge in [0.2, 0.25) is 0 Å². The molecule has 0 aromatic carbocycles. The van der Waals surface area contributed by atoms with Crippen LogP contribution >= 0.6 is 0 Å². The van der Waals surface area contributed by atoms with E-state index in [2.05, 4.69) is 26.9 Å². The second-order valence-electron chi connectivity index (χ2n) is 5.43. The summed E-state index contributed by atoms with van der Waals surface area (Å²) in [6.45, 7) is 5.38. The van der Waals surface area contributed by atoms with Gasteiger partial charge in [-0.25, -0.2) is 4.98 Å². The summed E-state index contributed by atoms with van der Waals surface area (Å²) >= 11 is 0. The van der Waals surface area contributed by atoms with E-state index in [4.69, 9.17) is 0 Å². The summed E-state index contributed by atoms with van der Waals surface area (Å²) in [4.78, 5) is 6.91. The van der Waals surface area contributed by atoms with Gasteiger partial charge in [-0.05, 0) is 38.3 Å². The van der Waals surface area contributed by atoms with Crippen LogP contribution in [0.15, 0.2) is 12.4 Å². The Morgan fingerprint density at radius 2 is 2.38 bits per heavy atom. The second kappa shape index (κ2) is 7.88. The topological polar surface area (TPSA) is 90.1 Å². The number of rotatable bonds is 8. The molecule has 0 aliphatic carbocycles. The molecule has 3 N–H and O–H groups in total. The summed E-state index contributed by atoms with van der Waals surface area (Å²) < 4.78 is 28.8. The maximum absolute atomic E-state index is 12.3. The molecule has 1 atom stereocenters. The molecular formula is C13H25N5O2S. The van der Waals surface area contributed by atoms with Crippen molar-refractivity contribution >= 4 is 10.2 Å². The lowest BCUT2D eigenvalue weighted by molar-refractivity contribution is 0.258. The predicted octanol–water partition coefficient (Wildman–Crippen LogP) is 0.456. The van der Waals surface area contributed by atoms with Crippen LogP contribution in [0.25, 0.3) is 0 Å². The minimum Gasteiger partial charge on any atom is -0.347 e.